The molecule has 4 rings (SSSR count). The molecule has 1 amide bonds. The molecule has 2 aromatic rings. The van der Waals surface area contributed by atoms with E-state index in [2.05, 4.69) is 39.4 Å². The second-order valence-corrected chi connectivity index (χ2v) is 6.47. The second-order valence-electron chi connectivity index (χ2n) is 6.47. The number of fused-ring (bicyclic) bond motifs is 1. The molecule has 0 unspecified atom stereocenters. The van der Waals surface area contributed by atoms with Gasteiger partial charge in [-0.1, -0.05) is 30.3 Å². The summed E-state index contributed by atoms with van der Waals surface area (Å²) in [4.78, 5) is 16.9. The summed E-state index contributed by atoms with van der Waals surface area (Å²) in [6.45, 7) is 4.50. The normalized spacial score (nSPS) is 18.2. The van der Waals surface area contributed by atoms with E-state index in [-0.39, 0.29) is 5.91 Å². The number of H-pyrrole nitrogens is 1. The Bertz CT molecular complexity index is 688. The number of carbonyl (C=O) groups is 1. The number of hydrogen-bond donors (Lipinski definition) is 1. The lowest BCUT2D eigenvalue weighted by Crippen LogP contribution is -2.32. The molecule has 1 fully saturated rings. The van der Waals surface area contributed by atoms with Crippen molar-refractivity contribution in [3.63, 3.8) is 0 Å². The Hall–Kier alpha value is -2.14. The lowest BCUT2D eigenvalue weighted by atomic mass is 10.0. The largest absolute Gasteiger partial charge is 0.337 e. The molecule has 1 N–H and O–H groups in total. The molecule has 3 heterocycles. The highest BCUT2D eigenvalue weighted by molar-refractivity contribution is 5.94. The molecule has 0 atom stereocenters. The van der Waals surface area contributed by atoms with E-state index in [9.17, 15) is 4.79 Å². The van der Waals surface area contributed by atoms with Gasteiger partial charge in [0.2, 0.25) is 0 Å². The first-order chi connectivity index (χ1) is 11.3. The highest BCUT2D eigenvalue weighted by Gasteiger charge is 2.28. The predicted molar refractivity (Wildman–Crippen MR) is 88.0 cm³/mol. The van der Waals surface area contributed by atoms with Crippen LogP contribution < -0.4 is 0 Å². The molecule has 0 saturated carbocycles. The first-order valence-electron chi connectivity index (χ1n) is 8.43. The summed E-state index contributed by atoms with van der Waals surface area (Å²) >= 11 is 0. The van der Waals surface area contributed by atoms with Gasteiger partial charge in [0.25, 0.3) is 5.91 Å². The van der Waals surface area contributed by atoms with E-state index < -0.39 is 0 Å². The maximum atomic E-state index is 12.6. The van der Waals surface area contributed by atoms with Gasteiger partial charge in [0.1, 0.15) is 0 Å². The quantitative estimate of drug-likeness (QED) is 0.945. The number of nitrogens with one attached hydrogen (secondary N) is 1. The molecule has 120 valence electrons. The topological polar surface area (TPSA) is 52.2 Å². The summed E-state index contributed by atoms with van der Waals surface area (Å²) in [5.74, 6) is 0.108. The molecule has 5 heteroatoms. The smallest absolute Gasteiger partial charge is 0.274 e. The Morgan fingerprint density at radius 2 is 1.91 bits per heavy atom. The second kappa shape index (κ2) is 6.16. The van der Waals surface area contributed by atoms with Gasteiger partial charge in [-0.15, -0.1) is 0 Å². The zero-order valence-corrected chi connectivity index (χ0v) is 13.3. The van der Waals surface area contributed by atoms with E-state index in [1.807, 2.05) is 11.0 Å². The molecule has 0 aliphatic carbocycles. The lowest BCUT2D eigenvalue weighted by Gasteiger charge is -2.27. The van der Waals surface area contributed by atoms with Crippen molar-refractivity contribution < 1.29 is 4.79 Å². The summed E-state index contributed by atoms with van der Waals surface area (Å²) < 4.78 is 0. The van der Waals surface area contributed by atoms with Crippen LogP contribution in [0.2, 0.25) is 0 Å². The maximum absolute atomic E-state index is 12.6. The van der Waals surface area contributed by atoms with Gasteiger partial charge in [0.05, 0.1) is 5.69 Å². The highest BCUT2D eigenvalue weighted by atomic mass is 16.2. The Kier molecular flexibility index (Phi) is 3.87. The van der Waals surface area contributed by atoms with Crippen molar-refractivity contribution in [1.29, 1.82) is 0 Å². The Morgan fingerprint density at radius 1 is 1.13 bits per heavy atom. The highest BCUT2D eigenvalue weighted by Crippen LogP contribution is 2.23. The van der Waals surface area contributed by atoms with Crippen molar-refractivity contribution in [3.8, 4) is 0 Å². The fourth-order valence-corrected chi connectivity index (χ4v) is 3.60. The van der Waals surface area contributed by atoms with Crippen LogP contribution in [-0.4, -0.2) is 45.5 Å². The minimum atomic E-state index is 0.108. The van der Waals surface area contributed by atoms with Crippen molar-refractivity contribution in [3.05, 3.63) is 52.8 Å². The summed E-state index contributed by atoms with van der Waals surface area (Å²) in [6, 6.07) is 10.5. The Morgan fingerprint density at radius 3 is 2.70 bits per heavy atom. The number of amides is 1. The molecule has 1 aromatic heterocycles. The standard InChI is InChI=1S/C18H22N4O/c23-18(22-9-4-5-10-22)17-15-8-11-21(13-16(15)19-20-17)12-14-6-2-1-3-7-14/h1-3,6-7H,4-5,8-13H2,(H,19,20). The van der Waals surface area contributed by atoms with Crippen molar-refractivity contribution in [2.24, 2.45) is 0 Å². The molecule has 2 aliphatic heterocycles. The van der Waals surface area contributed by atoms with Gasteiger partial charge < -0.3 is 4.90 Å². The first-order valence-corrected chi connectivity index (χ1v) is 8.43. The third kappa shape index (κ3) is 2.88. The predicted octanol–water partition coefficient (Wildman–Crippen LogP) is 2.20. The van der Waals surface area contributed by atoms with Gasteiger partial charge in [0.15, 0.2) is 5.69 Å². The fourth-order valence-electron chi connectivity index (χ4n) is 3.60. The van der Waals surface area contributed by atoms with Crippen LogP contribution in [0.3, 0.4) is 0 Å². The molecule has 0 bridgehead atoms. The minimum Gasteiger partial charge on any atom is -0.337 e. The van der Waals surface area contributed by atoms with Crippen LogP contribution in [0.1, 0.15) is 40.2 Å². The number of nitrogens with zero attached hydrogens (tertiary/aromatic N) is 3. The number of aromatic amines is 1. The van der Waals surface area contributed by atoms with E-state index in [1.54, 1.807) is 0 Å². The molecule has 0 spiro atoms. The van der Waals surface area contributed by atoms with Crippen LogP contribution in [0.15, 0.2) is 30.3 Å². The maximum Gasteiger partial charge on any atom is 0.274 e. The van der Waals surface area contributed by atoms with Crippen LogP contribution in [0.25, 0.3) is 0 Å². The van der Waals surface area contributed by atoms with E-state index in [4.69, 9.17) is 0 Å². The Balaban J connectivity index is 1.47. The van der Waals surface area contributed by atoms with Crippen LogP contribution in [0.4, 0.5) is 0 Å². The van der Waals surface area contributed by atoms with Gasteiger partial charge in [-0.3, -0.25) is 14.8 Å². The van der Waals surface area contributed by atoms with Gasteiger partial charge >= 0.3 is 0 Å². The summed E-state index contributed by atoms with van der Waals surface area (Å²) in [5, 5.41) is 7.45. The van der Waals surface area contributed by atoms with Crippen molar-refractivity contribution in [1.82, 2.24) is 20.0 Å². The van der Waals surface area contributed by atoms with Gasteiger partial charge in [-0.05, 0) is 24.8 Å². The molecule has 2 aliphatic rings. The zero-order valence-electron chi connectivity index (χ0n) is 13.3. The number of aromatic nitrogens is 2. The van der Waals surface area contributed by atoms with Crippen LogP contribution in [0.5, 0.6) is 0 Å². The van der Waals surface area contributed by atoms with Gasteiger partial charge in [-0.25, -0.2) is 0 Å². The monoisotopic (exact) mass is 310 g/mol. The number of carbonyl (C=O) groups excluding carboxylic acids is 1. The minimum absolute atomic E-state index is 0.108. The van der Waals surface area contributed by atoms with Crippen molar-refractivity contribution in [2.45, 2.75) is 32.4 Å². The molecular weight excluding hydrogens is 288 g/mol. The van der Waals surface area contributed by atoms with Crippen molar-refractivity contribution >= 4 is 5.91 Å². The molecular formula is C18H22N4O. The van der Waals surface area contributed by atoms with Gasteiger partial charge in [0, 0.05) is 38.3 Å². The number of rotatable bonds is 3. The summed E-state index contributed by atoms with van der Waals surface area (Å²) in [7, 11) is 0. The first kappa shape index (κ1) is 14.5. The van der Waals surface area contributed by atoms with Crippen LogP contribution in [0, 0.1) is 0 Å². The third-order valence-corrected chi connectivity index (χ3v) is 4.86. The molecule has 0 radical (unpaired) electrons. The van der Waals surface area contributed by atoms with Gasteiger partial charge in [-0.2, -0.15) is 5.10 Å². The zero-order chi connectivity index (χ0) is 15.6. The number of benzene rings is 1. The average molecular weight is 310 g/mol. The van der Waals surface area contributed by atoms with Crippen molar-refractivity contribution in [2.75, 3.05) is 19.6 Å². The van der Waals surface area contributed by atoms with Crippen LogP contribution >= 0.6 is 0 Å². The SMILES string of the molecule is O=C(c1n[nH]c2c1CCN(Cc1ccccc1)C2)N1CCCC1. The fraction of sp³-hybridized carbons (Fsp3) is 0.444. The molecule has 1 aromatic carbocycles. The summed E-state index contributed by atoms with van der Waals surface area (Å²) in [5.41, 5.74) is 4.21. The molecule has 5 nitrogen and oxygen atoms in total. The number of likely N-dealkylation sites (tertiary alicyclic amines) is 1. The Labute approximate surface area is 136 Å². The number of hydrogen-bond acceptors (Lipinski definition) is 3. The van der Waals surface area contributed by atoms with E-state index in [1.165, 1.54) is 5.56 Å². The third-order valence-electron chi connectivity index (χ3n) is 4.86. The summed E-state index contributed by atoms with van der Waals surface area (Å²) in [6.07, 6.45) is 3.12. The average Bonchev–Trinajstić information content (AvgIpc) is 3.25. The van der Waals surface area contributed by atoms with E-state index >= 15 is 0 Å². The van der Waals surface area contributed by atoms with Crippen LogP contribution in [-0.2, 0) is 19.5 Å². The van der Waals surface area contributed by atoms with E-state index in [0.717, 1.165) is 63.2 Å². The van der Waals surface area contributed by atoms with E-state index in [0.29, 0.717) is 5.69 Å². The molecule has 23 heavy (non-hydrogen) atoms. The lowest BCUT2D eigenvalue weighted by molar-refractivity contribution is 0.0785. The molecule has 1 saturated heterocycles.